The van der Waals surface area contributed by atoms with E-state index in [1.807, 2.05) is 50.2 Å². The van der Waals surface area contributed by atoms with Crippen LogP contribution in [0.5, 0.6) is 5.75 Å². The summed E-state index contributed by atoms with van der Waals surface area (Å²) < 4.78 is 5.73. The first kappa shape index (κ1) is 25.4. The molecule has 6 heteroatoms. The van der Waals surface area contributed by atoms with Crippen LogP contribution in [0.3, 0.4) is 0 Å². The van der Waals surface area contributed by atoms with E-state index in [4.69, 9.17) is 4.74 Å². The Kier molecular flexibility index (Phi) is 8.36. The number of pyridine rings is 1. The van der Waals surface area contributed by atoms with Gasteiger partial charge in [0.15, 0.2) is 0 Å². The number of nitrogens with one attached hydrogen (secondary N) is 1. The molecule has 0 saturated heterocycles. The molecular weight excluding hydrogens is 450 g/mol. The molecule has 0 unspecified atom stereocenters. The van der Waals surface area contributed by atoms with Gasteiger partial charge < -0.3 is 15.0 Å². The van der Waals surface area contributed by atoms with E-state index in [0.717, 1.165) is 23.2 Å². The standard InChI is InChI=1S/C30H35N3O3/c1-4-5-6-9-22-12-14-26(15-13-22)32-29(34)28-17-23-10-7-8-11-24(23)20-33(28)30(35)25-16-27(19-31-18-25)36-21(2)3/h7-8,10-16,18-19,21,28H,4-6,9,17,20H2,1-3H3,(H,32,34)/t28-/m0/s1. The Balaban J connectivity index is 1.54. The highest BCUT2D eigenvalue weighted by molar-refractivity contribution is 6.01. The topological polar surface area (TPSA) is 71.5 Å². The van der Waals surface area contributed by atoms with Gasteiger partial charge in [-0.1, -0.05) is 56.2 Å². The average Bonchev–Trinajstić information content (AvgIpc) is 2.88. The molecule has 1 N–H and O–H groups in total. The lowest BCUT2D eigenvalue weighted by Gasteiger charge is -2.36. The number of ether oxygens (including phenoxy) is 1. The van der Waals surface area contributed by atoms with Gasteiger partial charge in [-0.15, -0.1) is 0 Å². The number of rotatable bonds is 9. The highest BCUT2D eigenvalue weighted by Crippen LogP contribution is 2.27. The molecule has 1 atom stereocenters. The lowest BCUT2D eigenvalue weighted by Crippen LogP contribution is -2.50. The molecule has 0 bridgehead atoms. The van der Waals surface area contributed by atoms with E-state index < -0.39 is 6.04 Å². The summed E-state index contributed by atoms with van der Waals surface area (Å²) in [5.74, 6) is 0.102. The second kappa shape index (κ2) is 11.8. The molecule has 2 aromatic carbocycles. The number of benzene rings is 2. The third kappa shape index (κ3) is 6.30. The smallest absolute Gasteiger partial charge is 0.256 e. The van der Waals surface area contributed by atoms with Crippen LogP contribution in [0.25, 0.3) is 0 Å². The van der Waals surface area contributed by atoms with Gasteiger partial charge in [0.2, 0.25) is 5.91 Å². The third-order valence-electron chi connectivity index (χ3n) is 6.43. The van der Waals surface area contributed by atoms with Crippen molar-refractivity contribution in [2.24, 2.45) is 0 Å². The molecule has 1 aromatic heterocycles. The number of anilines is 1. The molecule has 36 heavy (non-hydrogen) atoms. The Labute approximate surface area is 213 Å². The molecule has 188 valence electrons. The number of fused-ring (bicyclic) bond motifs is 1. The summed E-state index contributed by atoms with van der Waals surface area (Å²) in [4.78, 5) is 33.0. The maximum absolute atomic E-state index is 13.6. The summed E-state index contributed by atoms with van der Waals surface area (Å²) in [7, 11) is 0. The van der Waals surface area contributed by atoms with Gasteiger partial charge in [-0.05, 0) is 61.6 Å². The molecule has 0 radical (unpaired) electrons. The van der Waals surface area contributed by atoms with E-state index in [9.17, 15) is 9.59 Å². The molecule has 1 aliphatic heterocycles. The molecule has 0 saturated carbocycles. The summed E-state index contributed by atoms with van der Waals surface area (Å²) in [5.41, 5.74) is 4.54. The fraction of sp³-hybridized carbons (Fsp3) is 0.367. The summed E-state index contributed by atoms with van der Waals surface area (Å²) >= 11 is 0. The van der Waals surface area contributed by atoms with E-state index in [0.29, 0.717) is 24.3 Å². The van der Waals surface area contributed by atoms with Crippen molar-refractivity contribution in [3.63, 3.8) is 0 Å². The van der Waals surface area contributed by atoms with E-state index in [-0.39, 0.29) is 17.9 Å². The zero-order valence-electron chi connectivity index (χ0n) is 21.4. The van der Waals surface area contributed by atoms with Crippen LogP contribution in [0.1, 0.15) is 67.1 Å². The predicted octanol–water partition coefficient (Wildman–Crippen LogP) is 5.81. The minimum atomic E-state index is -0.633. The molecule has 6 nitrogen and oxygen atoms in total. The van der Waals surface area contributed by atoms with Crippen LogP contribution in [0.15, 0.2) is 67.0 Å². The van der Waals surface area contributed by atoms with E-state index in [2.05, 4.69) is 29.4 Å². The summed E-state index contributed by atoms with van der Waals surface area (Å²) in [6.07, 6.45) is 8.16. The molecule has 0 aliphatic carbocycles. The fourth-order valence-corrected chi connectivity index (χ4v) is 4.57. The number of unbranched alkanes of at least 4 members (excludes halogenated alkanes) is 2. The first-order chi connectivity index (χ1) is 17.4. The van der Waals surface area contributed by atoms with Crippen LogP contribution in [0, 0.1) is 0 Å². The van der Waals surface area contributed by atoms with E-state index >= 15 is 0 Å². The van der Waals surface area contributed by atoms with Crippen molar-refractivity contribution in [1.29, 1.82) is 0 Å². The predicted molar refractivity (Wildman–Crippen MR) is 142 cm³/mol. The zero-order valence-corrected chi connectivity index (χ0v) is 21.4. The number of hydrogen-bond acceptors (Lipinski definition) is 4. The van der Waals surface area contributed by atoms with Crippen LogP contribution in [0.2, 0.25) is 0 Å². The quantitative estimate of drug-likeness (QED) is 0.389. The number of hydrogen-bond donors (Lipinski definition) is 1. The Hall–Kier alpha value is -3.67. The van der Waals surface area contributed by atoms with E-state index in [1.54, 1.807) is 17.2 Å². The zero-order chi connectivity index (χ0) is 25.5. The second-order valence-electron chi connectivity index (χ2n) is 9.64. The van der Waals surface area contributed by atoms with Crippen LogP contribution in [-0.2, 0) is 24.2 Å². The van der Waals surface area contributed by atoms with Gasteiger partial charge in [-0.2, -0.15) is 0 Å². The molecule has 4 rings (SSSR count). The molecule has 0 fully saturated rings. The van der Waals surface area contributed by atoms with Crippen LogP contribution >= 0.6 is 0 Å². The van der Waals surface area contributed by atoms with Gasteiger partial charge in [0.1, 0.15) is 11.8 Å². The lowest BCUT2D eigenvalue weighted by atomic mass is 9.92. The molecule has 0 spiro atoms. The minimum absolute atomic E-state index is 0.0319. The molecule has 3 aromatic rings. The van der Waals surface area contributed by atoms with Crippen molar-refractivity contribution < 1.29 is 14.3 Å². The van der Waals surface area contributed by atoms with Gasteiger partial charge in [-0.3, -0.25) is 14.6 Å². The first-order valence-corrected chi connectivity index (χ1v) is 12.8. The Morgan fingerprint density at radius 2 is 1.81 bits per heavy atom. The fourth-order valence-electron chi connectivity index (χ4n) is 4.57. The number of aryl methyl sites for hydroxylation is 1. The molecule has 2 amide bonds. The van der Waals surface area contributed by atoms with Crippen molar-refractivity contribution >= 4 is 17.5 Å². The molecular formula is C30H35N3O3. The summed E-state index contributed by atoms with van der Waals surface area (Å²) in [6.45, 7) is 6.41. The number of nitrogens with zero attached hydrogens (tertiary/aromatic N) is 2. The molecule has 2 heterocycles. The Bertz CT molecular complexity index is 1190. The van der Waals surface area contributed by atoms with Crippen molar-refractivity contribution in [1.82, 2.24) is 9.88 Å². The highest BCUT2D eigenvalue weighted by atomic mass is 16.5. The first-order valence-electron chi connectivity index (χ1n) is 12.8. The summed E-state index contributed by atoms with van der Waals surface area (Å²) in [5, 5.41) is 3.04. The SMILES string of the molecule is CCCCCc1ccc(NC(=O)[C@@H]2Cc3ccccc3CN2C(=O)c2cncc(OC(C)C)c2)cc1. The average molecular weight is 486 g/mol. The van der Waals surface area contributed by atoms with Gasteiger partial charge >= 0.3 is 0 Å². The highest BCUT2D eigenvalue weighted by Gasteiger charge is 2.35. The maximum Gasteiger partial charge on any atom is 0.256 e. The van der Waals surface area contributed by atoms with Crippen molar-refractivity contribution in [2.75, 3.05) is 5.32 Å². The normalized spacial score (nSPS) is 14.9. The monoisotopic (exact) mass is 485 g/mol. The number of carbonyl (C=O) groups excluding carboxylic acids is 2. The van der Waals surface area contributed by atoms with Gasteiger partial charge in [0.05, 0.1) is 17.9 Å². The molecule has 1 aliphatic rings. The van der Waals surface area contributed by atoms with Crippen LogP contribution in [0.4, 0.5) is 5.69 Å². The van der Waals surface area contributed by atoms with E-state index in [1.165, 1.54) is 31.0 Å². The largest absolute Gasteiger partial charge is 0.489 e. The van der Waals surface area contributed by atoms with Gasteiger partial charge in [0.25, 0.3) is 5.91 Å². The third-order valence-corrected chi connectivity index (χ3v) is 6.43. The second-order valence-corrected chi connectivity index (χ2v) is 9.64. The Morgan fingerprint density at radius 1 is 1.06 bits per heavy atom. The maximum atomic E-state index is 13.6. The van der Waals surface area contributed by atoms with Crippen molar-refractivity contribution in [2.45, 2.75) is 71.6 Å². The number of aromatic nitrogens is 1. The summed E-state index contributed by atoms with van der Waals surface area (Å²) in [6, 6.07) is 17.1. The lowest BCUT2D eigenvalue weighted by molar-refractivity contribution is -0.121. The van der Waals surface area contributed by atoms with Gasteiger partial charge in [0, 0.05) is 24.8 Å². The van der Waals surface area contributed by atoms with Crippen LogP contribution < -0.4 is 10.1 Å². The number of carbonyl (C=O) groups is 2. The van der Waals surface area contributed by atoms with Crippen LogP contribution in [-0.4, -0.2) is 33.8 Å². The Morgan fingerprint density at radius 3 is 2.53 bits per heavy atom. The van der Waals surface area contributed by atoms with Crippen molar-refractivity contribution in [3.8, 4) is 5.75 Å². The van der Waals surface area contributed by atoms with Gasteiger partial charge in [-0.25, -0.2) is 0 Å². The minimum Gasteiger partial charge on any atom is -0.489 e. The number of amides is 2. The van der Waals surface area contributed by atoms with Crippen molar-refractivity contribution in [3.05, 3.63) is 89.2 Å².